The van der Waals surface area contributed by atoms with Crippen LogP contribution in [0, 0.1) is 5.41 Å². The van der Waals surface area contributed by atoms with Crippen LogP contribution in [0.2, 0.25) is 0 Å². The Bertz CT molecular complexity index is 422. The molecular weight excluding hydrogens is 283 g/mol. The number of alkyl halides is 3. The van der Waals surface area contributed by atoms with Gasteiger partial charge in [0.1, 0.15) is 0 Å². The predicted molar refractivity (Wildman–Crippen MR) is 71.5 cm³/mol. The topological polar surface area (TPSA) is 49.6 Å². The summed E-state index contributed by atoms with van der Waals surface area (Å²) < 4.78 is 37.1. The van der Waals surface area contributed by atoms with Crippen molar-refractivity contribution in [1.82, 2.24) is 9.80 Å². The summed E-state index contributed by atoms with van der Waals surface area (Å²) in [4.78, 5) is 15.9. The summed E-state index contributed by atoms with van der Waals surface area (Å²) in [5, 5.41) is 0. The van der Waals surface area contributed by atoms with Gasteiger partial charge in [-0.3, -0.25) is 9.69 Å². The number of carbonyl (C=O) groups excluding carboxylic acids is 1. The lowest BCUT2D eigenvalue weighted by Gasteiger charge is -2.39. The molecule has 2 aliphatic carbocycles. The second-order valence-electron chi connectivity index (χ2n) is 7.00. The monoisotopic (exact) mass is 305 g/mol. The number of halogens is 3. The first kappa shape index (κ1) is 15.1. The minimum atomic E-state index is -4.17. The predicted octanol–water partition coefficient (Wildman–Crippen LogP) is 1.35. The number of piperazine rings is 1. The molecule has 0 aromatic carbocycles. The second kappa shape index (κ2) is 4.84. The molecule has 3 aliphatic rings. The number of carbonyl (C=O) groups is 1. The van der Waals surface area contributed by atoms with Crippen molar-refractivity contribution in [3.63, 3.8) is 0 Å². The van der Waals surface area contributed by atoms with Crippen molar-refractivity contribution in [2.45, 2.75) is 43.8 Å². The molecule has 4 nitrogen and oxygen atoms in total. The smallest absolute Gasteiger partial charge is 0.340 e. The third-order valence-electron chi connectivity index (χ3n) is 5.41. The van der Waals surface area contributed by atoms with Crippen LogP contribution < -0.4 is 5.73 Å². The van der Waals surface area contributed by atoms with E-state index in [1.54, 1.807) is 4.90 Å². The highest BCUT2D eigenvalue weighted by molar-refractivity contribution is 5.84. The summed E-state index contributed by atoms with van der Waals surface area (Å²) in [6.45, 7) is 0.513. The van der Waals surface area contributed by atoms with Gasteiger partial charge in [0.25, 0.3) is 0 Å². The van der Waals surface area contributed by atoms with Gasteiger partial charge in [0.15, 0.2) is 0 Å². The third kappa shape index (κ3) is 2.90. The molecule has 2 N–H and O–H groups in total. The number of rotatable bonds is 2. The van der Waals surface area contributed by atoms with E-state index < -0.39 is 12.7 Å². The van der Waals surface area contributed by atoms with Crippen molar-refractivity contribution < 1.29 is 18.0 Å². The average Bonchev–Trinajstić information content (AvgIpc) is 2.92. The van der Waals surface area contributed by atoms with Crippen LogP contribution in [0.3, 0.4) is 0 Å². The van der Waals surface area contributed by atoms with Crippen LogP contribution in [0.4, 0.5) is 13.2 Å². The molecule has 21 heavy (non-hydrogen) atoms. The van der Waals surface area contributed by atoms with Gasteiger partial charge < -0.3 is 10.6 Å². The van der Waals surface area contributed by atoms with E-state index in [1.165, 1.54) is 4.90 Å². The minimum absolute atomic E-state index is 0.124. The van der Waals surface area contributed by atoms with E-state index in [9.17, 15) is 18.0 Å². The maximum atomic E-state index is 12.7. The molecule has 1 aliphatic heterocycles. The minimum Gasteiger partial charge on any atom is -0.340 e. The van der Waals surface area contributed by atoms with Crippen molar-refractivity contribution >= 4 is 5.91 Å². The molecule has 1 saturated heterocycles. The number of amides is 1. The SMILES string of the molecule is NC12CCC(C(=O)N3CCN(CC(F)(F)F)CC3)(CC1)C2. The molecule has 7 heteroatoms. The Balaban J connectivity index is 1.57. The highest BCUT2D eigenvalue weighted by atomic mass is 19.4. The molecule has 0 unspecified atom stereocenters. The van der Waals surface area contributed by atoms with Crippen LogP contribution in [0.5, 0.6) is 0 Å². The van der Waals surface area contributed by atoms with Gasteiger partial charge in [-0.1, -0.05) is 0 Å². The van der Waals surface area contributed by atoms with E-state index in [0.717, 1.165) is 32.1 Å². The van der Waals surface area contributed by atoms with Crippen molar-refractivity contribution in [3.05, 3.63) is 0 Å². The molecule has 0 aromatic rings. The van der Waals surface area contributed by atoms with Crippen molar-refractivity contribution in [3.8, 4) is 0 Å². The first-order valence-corrected chi connectivity index (χ1v) is 7.59. The zero-order chi connectivity index (χ0) is 15.3. The summed E-state index contributed by atoms with van der Waals surface area (Å²) in [6.07, 6.45) is 0.0538. The van der Waals surface area contributed by atoms with E-state index in [2.05, 4.69) is 0 Å². The Morgan fingerprint density at radius 3 is 2.05 bits per heavy atom. The van der Waals surface area contributed by atoms with Crippen LogP contribution >= 0.6 is 0 Å². The van der Waals surface area contributed by atoms with Crippen LogP contribution in [0.25, 0.3) is 0 Å². The van der Waals surface area contributed by atoms with E-state index in [4.69, 9.17) is 5.73 Å². The third-order valence-corrected chi connectivity index (χ3v) is 5.41. The molecule has 1 heterocycles. The standard InChI is InChI=1S/C14H22F3N3O/c15-14(16,17)10-19-5-7-20(8-6-19)11(21)12-1-3-13(18,9-12)4-2-12/h1-10,18H2. The number of fused-ring (bicyclic) bond motifs is 2. The quantitative estimate of drug-likeness (QED) is 0.838. The van der Waals surface area contributed by atoms with E-state index >= 15 is 0 Å². The summed E-state index contributed by atoms with van der Waals surface area (Å²) in [5.41, 5.74) is 5.75. The lowest BCUT2D eigenvalue weighted by Crippen LogP contribution is -2.53. The first-order valence-electron chi connectivity index (χ1n) is 7.59. The molecule has 0 spiro atoms. The van der Waals surface area contributed by atoms with Gasteiger partial charge in [-0.25, -0.2) is 0 Å². The largest absolute Gasteiger partial charge is 0.401 e. The zero-order valence-electron chi connectivity index (χ0n) is 12.1. The Kier molecular flexibility index (Phi) is 3.48. The maximum absolute atomic E-state index is 12.7. The van der Waals surface area contributed by atoms with Gasteiger partial charge in [0.2, 0.25) is 5.91 Å². The van der Waals surface area contributed by atoms with E-state index in [0.29, 0.717) is 26.2 Å². The van der Waals surface area contributed by atoms with E-state index in [1.807, 2.05) is 0 Å². The number of hydrogen-bond donors (Lipinski definition) is 1. The molecule has 120 valence electrons. The molecular formula is C14H22F3N3O. The lowest BCUT2D eigenvalue weighted by atomic mass is 9.82. The van der Waals surface area contributed by atoms with Crippen LogP contribution in [-0.4, -0.2) is 60.1 Å². The fourth-order valence-electron chi connectivity index (χ4n) is 4.24. The number of nitrogens with two attached hydrogens (primary N) is 1. The highest BCUT2D eigenvalue weighted by Crippen LogP contribution is 2.56. The van der Waals surface area contributed by atoms with E-state index in [-0.39, 0.29) is 16.9 Å². The van der Waals surface area contributed by atoms with Crippen molar-refractivity contribution in [2.75, 3.05) is 32.7 Å². The van der Waals surface area contributed by atoms with Crippen LogP contribution in [0.1, 0.15) is 32.1 Å². The molecule has 2 bridgehead atoms. The maximum Gasteiger partial charge on any atom is 0.401 e. The summed E-state index contributed by atoms with van der Waals surface area (Å²) >= 11 is 0. The normalized spacial score (nSPS) is 37.2. The fraction of sp³-hybridized carbons (Fsp3) is 0.929. The Labute approximate surface area is 122 Å². The van der Waals surface area contributed by atoms with Gasteiger partial charge in [-0.2, -0.15) is 13.2 Å². The average molecular weight is 305 g/mol. The molecule has 3 fully saturated rings. The fourth-order valence-corrected chi connectivity index (χ4v) is 4.24. The Hall–Kier alpha value is -0.820. The number of hydrogen-bond acceptors (Lipinski definition) is 3. The molecule has 3 rings (SSSR count). The Morgan fingerprint density at radius 2 is 1.62 bits per heavy atom. The zero-order valence-corrected chi connectivity index (χ0v) is 12.1. The van der Waals surface area contributed by atoms with Gasteiger partial charge in [0.05, 0.1) is 12.0 Å². The molecule has 0 radical (unpaired) electrons. The molecule has 0 atom stereocenters. The molecule has 2 saturated carbocycles. The summed E-state index contributed by atoms with van der Waals surface area (Å²) in [6, 6.07) is 0. The summed E-state index contributed by atoms with van der Waals surface area (Å²) in [5.74, 6) is 0.124. The van der Waals surface area contributed by atoms with Gasteiger partial charge in [-0.05, 0) is 32.1 Å². The lowest BCUT2D eigenvalue weighted by molar-refractivity contribution is -0.154. The van der Waals surface area contributed by atoms with Crippen molar-refractivity contribution in [1.29, 1.82) is 0 Å². The van der Waals surface area contributed by atoms with Crippen molar-refractivity contribution in [2.24, 2.45) is 11.1 Å². The van der Waals surface area contributed by atoms with Crippen LogP contribution in [-0.2, 0) is 4.79 Å². The second-order valence-corrected chi connectivity index (χ2v) is 7.00. The van der Waals surface area contributed by atoms with Gasteiger partial charge in [-0.15, -0.1) is 0 Å². The molecule has 1 amide bonds. The van der Waals surface area contributed by atoms with Gasteiger partial charge >= 0.3 is 6.18 Å². The highest BCUT2D eigenvalue weighted by Gasteiger charge is 2.57. The van der Waals surface area contributed by atoms with Gasteiger partial charge in [0, 0.05) is 31.7 Å². The first-order chi connectivity index (χ1) is 9.72. The van der Waals surface area contributed by atoms with Crippen LogP contribution in [0.15, 0.2) is 0 Å². The summed E-state index contributed by atoms with van der Waals surface area (Å²) in [7, 11) is 0. The Morgan fingerprint density at radius 1 is 1.05 bits per heavy atom. The number of nitrogens with zero attached hydrogens (tertiary/aromatic N) is 2. The molecule has 0 aromatic heterocycles.